The molecule has 6 heteroatoms. The number of nitrogens with zero attached hydrogens (tertiary/aromatic N) is 1. The van der Waals surface area contributed by atoms with Crippen molar-refractivity contribution >= 4 is 11.9 Å². The van der Waals surface area contributed by atoms with Gasteiger partial charge < -0.3 is 16.2 Å². The van der Waals surface area contributed by atoms with Gasteiger partial charge in [0.05, 0.1) is 12.5 Å². The summed E-state index contributed by atoms with van der Waals surface area (Å²) in [6, 6.07) is -0.674. The van der Waals surface area contributed by atoms with E-state index >= 15 is 0 Å². The van der Waals surface area contributed by atoms with Crippen molar-refractivity contribution in [3.8, 4) is 0 Å². The maximum Gasteiger partial charge on any atom is 0.305 e. The molecule has 1 aliphatic rings. The molecule has 2 atom stereocenters. The van der Waals surface area contributed by atoms with Crippen LogP contribution in [0.3, 0.4) is 0 Å². The molecular weight excluding hydrogens is 246 g/mol. The second-order valence-electron chi connectivity index (χ2n) is 5.50. The molecule has 1 rings (SSSR count). The number of carbonyl (C=O) groups is 2. The highest BCUT2D eigenvalue weighted by Crippen LogP contribution is 2.17. The average Bonchev–Trinajstić information content (AvgIpc) is 2.81. The predicted octanol–water partition coefficient (Wildman–Crippen LogP) is 0.0250. The summed E-state index contributed by atoms with van der Waals surface area (Å²) in [7, 11) is 0. The van der Waals surface area contributed by atoms with Gasteiger partial charge in [-0.05, 0) is 31.8 Å². The molecule has 2 unspecified atom stereocenters. The number of nitrogens with two attached hydrogens (primary N) is 1. The number of carboxylic acids is 1. The second kappa shape index (κ2) is 7.45. The summed E-state index contributed by atoms with van der Waals surface area (Å²) >= 11 is 0. The molecule has 0 saturated carbocycles. The van der Waals surface area contributed by atoms with E-state index in [2.05, 4.69) is 24.1 Å². The first kappa shape index (κ1) is 15.9. The Bertz CT molecular complexity index is 314. The smallest absolute Gasteiger partial charge is 0.305 e. The van der Waals surface area contributed by atoms with Crippen LogP contribution in [0, 0.1) is 5.92 Å². The number of carbonyl (C=O) groups excluding carboxylic acids is 1. The minimum absolute atomic E-state index is 0.295. The third-order valence-electron chi connectivity index (χ3n) is 3.60. The van der Waals surface area contributed by atoms with Crippen molar-refractivity contribution in [1.29, 1.82) is 0 Å². The van der Waals surface area contributed by atoms with E-state index in [1.807, 2.05) is 0 Å². The van der Waals surface area contributed by atoms with Crippen molar-refractivity contribution < 1.29 is 14.7 Å². The molecule has 4 N–H and O–H groups in total. The zero-order valence-electron chi connectivity index (χ0n) is 11.8. The zero-order valence-corrected chi connectivity index (χ0v) is 11.8. The Kier molecular flexibility index (Phi) is 6.24. The van der Waals surface area contributed by atoms with E-state index in [0.717, 1.165) is 13.1 Å². The van der Waals surface area contributed by atoms with Crippen molar-refractivity contribution in [3.05, 3.63) is 0 Å². The van der Waals surface area contributed by atoms with E-state index in [1.54, 1.807) is 0 Å². The third kappa shape index (κ3) is 5.16. The van der Waals surface area contributed by atoms with Gasteiger partial charge in [-0.1, -0.05) is 13.8 Å². The lowest BCUT2D eigenvalue weighted by molar-refractivity contribution is -0.139. The normalized spacial score (nSPS) is 19.4. The van der Waals surface area contributed by atoms with Gasteiger partial charge in [-0.2, -0.15) is 0 Å². The van der Waals surface area contributed by atoms with E-state index < -0.39 is 12.0 Å². The van der Waals surface area contributed by atoms with Crippen molar-refractivity contribution in [3.63, 3.8) is 0 Å². The van der Waals surface area contributed by atoms with Crippen LogP contribution in [0.25, 0.3) is 0 Å². The van der Waals surface area contributed by atoms with Crippen LogP contribution in [-0.2, 0) is 9.59 Å². The molecule has 6 nitrogen and oxygen atoms in total. The Morgan fingerprint density at radius 1 is 1.32 bits per heavy atom. The van der Waals surface area contributed by atoms with Gasteiger partial charge in [-0.25, -0.2) is 0 Å². The van der Waals surface area contributed by atoms with Crippen LogP contribution in [-0.4, -0.2) is 53.6 Å². The van der Waals surface area contributed by atoms with Crippen molar-refractivity contribution in [2.45, 2.75) is 45.2 Å². The lowest BCUT2D eigenvalue weighted by Gasteiger charge is -2.31. The number of rotatable bonds is 7. The average molecular weight is 271 g/mol. The molecule has 0 bridgehead atoms. The molecule has 1 fully saturated rings. The first-order chi connectivity index (χ1) is 8.91. The maximum atomic E-state index is 11.7. The standard InChI is InChI=1S/C13H25N3O3/c1-9(2)11(16-5-3-4-6-16)8-15-13(19)10(14)7-12(17)18/h9-11H,3-8,14H2,1-2H3,(H,15,19)(H,17,18). The maximum absolute atomic E-state index is 11.7. The molecule has 0 spiro atoms. The van der Waals surface area contributed by atoms with Crippen LogP contribution in [0.4, 0.5) is 0 Å². The van der Waals surface area contributed by atoms with Gasteiger partial charge in [0.1, 0.15) is 0 Å². The van der Waals surface area contributed by atoms with Crippen LogP contribution in [0.5, 0.6) is 0 Å². The van der Waals surface area contributed by atoms with E-state index in [0.29, 0.717) is 18.5 Å². The number of likely N-dealkylation sites (tertiary alicyclic amines) is 1. The summed E-state index contributed by atoms with van der Waals surface area (Å²) < 4.78 is 0. The van der Waals surface area contributed by atoms with Crippen molar-refractivity contribution in [2.75, 3.05) is 19.6 Å². The largest absolute Gasteiger partial charge is 0.481 e. The Balaban J connectivity index is 2.42. The molecule has 0 aromatic carbocycles. The Morgan fingerprint density at radius 3 is 2.37 bits per heavy atom. The van der Waals surface area contributed by atoms with Gasteiger partial charge in [0.25, 0.3) is 0 Å². The summed E-state index contributed by atoms with van der Waals surface area (Å²) in [6.45, 7) is 6.93. The number of hydrogen-bond acceptors (Lipinski definition) is 4. The Hall–Kier alpha value is -1.14. The first-order valence-electron chi connectivity index (χ1n) is 6.91. The highest BCUT2D eigenvalue weighted by atomic mass is 16.4. The summed E-state index contributed by atoms with van der Waals surface area (Å²) in [5.41, 5.74) is 5.53. The summed E-state index contributed by atoms with van der Waals surface area (Å²) in [4.78, 5) is 24.6. The van der Waals surface area contributed by atoms with E-state index in [4.69, 9.17) is 10.8 Å². The topological polar surface area (TPSA) is 95.7 Å². The van der Waals surface area contributed by atoms with Gasteiger partial charge in [0.15, 0.2) is 0 Å². The lowest BCUT2D eigenvalue weighted by Crippen LogP contribution is -2.49. The van der Waals surface area contributed by atoms with Gasteiger partial charge in [0, 0.05) is 12.6 Å². The molecule has 1 heterocycles. The Morgan fingerprint density at radius 2 is 1.89 bits per heavy atom. The minimum Gasteiger partial charge on any atom is -0.481 e. The molecule has 0 aromatic rings. The SMILES string of the molecule is CC(C)C(CNC(=O)C(N)CC(=O)O)N1CCCC1. The van der Waals surface area contributed by atoms with Gasteiger partial charge >= 0.3 is 5.97 Å². The molecule has 0 aromatic heterocycles. The number of amides is 1. The van der Waals surface area contributed by atoms with Crippen LogP contribution in [0.2, 0.25) is 0 Å². The molecule has 0 radical (unpaired) electrons. The number of aliphatic carboxylic acids is 1. The monoisotopic (exact) mass is 271 g/mol. The fraction of sp³-hybridized carbons (Fsp3) is 0.846. The first-order valence-corrected chi connectivity index (χ1v) is 6.91. The third-order valence-corrected chi connectivity index (χ3v) is 3.60. The van der Waals surface area contributed by atoms with Crippen LogP contribution >= 0.6 is 0 Å². The second-order valence-corrected chi connectivity index (χ2v) is 5.50. The number of nitrogens with one attached hydrogen (secondary N) is 1. The summed E-state index contributed by atoms with van der Waals surface area (Å²) in [5.74, 6) is -0.996. The molecule has 0 aliphatic carbocycles. The molecule has 1 saturated heterocycles. The molecule has 1 aliphatic heterocycles. The molecule has 19 heavy (non-hydrogen) atoms. The number of carboxylic acid groups (broad SMARTS) is 1. The van der Waals surface area contributed by atoms with E-state index in [1.165, 1.54) is 12.8 Å². The highest BCUT2D eigenvalue weighted by Gasteiger charge is 2.26. The minimum atomic E-state index is -1.05. The van der Waals surface area contributed by atoms with Crippen LogP contribution in [0.1, 0.15) is 33.1 Å². The fourth-order valence-corrected chi connectivity index (χ4v) is 2.48. The van der Waals surface area contributed by atoms with Crippen molar-refractivity contribution in [1.82, 2.24) is 10.2 Å². The van der Waals surface area contributed by atoms with Gasteiger partial charge in [-0.3, -0.25) is 14.5 Å². The van der Waals surface area contributed by atoms with Crippen LogP contribution in [0.15, 0.2) is 0 Å². The summed E-state index contributed by atoms with van der Waals surface area (Å²) in [5, 5.41) is 11.4. The fourth-order valence-electron chi connectivity index (χ4n) is 2.48. The zero-order chi connectivity index (χ0) is 14.4. The van der Waals surface area contributed by atoms with Gasteiger partial charge in [0.2, 0.25) is 5.91 Å². The Labute approximate surface area is 114 Å². The van der Waals surface area contributed by atoms with Crippen molar-refractivity contribution in [2.24, 2.45) is 11.7 Å². The highest BCUT2D eigenvalue weighted by molar-refractivity contribution is 5.85. The number of hydrogen-bond donors (Lipinski definition) is 3. The quantitative estimate of drug-likeness (QED) is 0.607. The summed E-state index contributed by atoms with van der Waals surface area (Å²) in [6.07, 6.45) is 2.08. The van der Waals surface area contributed by atoms with Gasteiger partial charge in [-0.15, -0.1) is 0 Å². The molecule has 1 amide bonds. The van der Waals surface area contributed by atoms with E-state index in [-0.39, 0.29) is 12.3 Å². The van der Waals surface area contributed by atoms with Crippen LogP contribution < -0.4 is 11.1 Å². The predicted molar refractivity (Wildman–Crippen MR) is 72.7 cm³/mol. The van der Waals surface area contributed by atoms with E-state index in [9.17, 15) is 9.59 Å². The molecule has 110 valence electrons. The molecular formula is C13H25N3O3. The lowest BCUT2D eigenvalue weighted by atomic mass is 10.0.